The van der Waals surface area contributed by atoms with Gasteiger partial charge in [-0.1, -0.05) is 29.3 Å². The van der Waals surface area contributed by atoms with E-state index in [1.165, 1.54) is 0 Å². The van der Waals surface area contributed by atoms with Crippen LogP contribution in [0.2, 0.25) is 10.0 Å². The Balaban J connectivity index is 1.88. The molecule has 1 aromatic heterocycles. The topological polar surface area (TPSA) is 59.1 Å². The minimum absolute atomic E-state index is 0.646. The summed E-state index contributed by atoms with van der Waals surface area (Å²) < 4.78 is 5.04. The molecule has 0 aliphatic heterocycles. The standard InChI is InChI=1S/C17H22Cl2N4O/c1-12-22-16(20-7-3-9-24-2)11-17(23-12)21-8-6-13-4-5-14(18)10-15(13)19/h4-5,10-11H,3,6-9H2,1-2H3,(H2,20,21,22,23). The van der Waals surface area contributed by atoms with E-state index in [9.17, 15) is 0 Å². The number of nitrogens with one attached hydrogen (secondary N) is 2. The van der Waals surface area contributed by atoms with Crippen LogP contribution in [0.5, 0.6) is 0 Å². The fourth-order valence-electron chi connectivity index (χ4n) is 2.23. The highest BCUT2D eigenvalue weighted by molar-refractivity contribution is 6.35. The van der Waals surface area contributed by atoms with Crippen LogP contribution in [0.1, 0.15) is 17.8 Å². The molecule has 2 rings (SSSR count). The average Bonchev–Trinajstić information content (AvgIpc) is 2.53. The molecule has 0 saturated carbocycles. The van der Waals surface area contributed by atoms with Gasteiger partial charge in [0, 0.05) is 42.9 Å². The molecule has 0 unspecified atom stereocenters. The van der Waals surface area contributed by atoms with Crippen LogP contribution < -0.4 is 10.6 Å². The van der Waals surface area contributed by atoms with Crippen LogP contribution in [0.3, 0.4) is 0 Å². The third-order valence-corrected chi connectivity index (χ3v) is 3.97. The molecule has 0 radical (unpaired) electrons. The minimum atomic E-state index is 0.646. The van der Waals surface area contributed by atoms with Crippen molar-refractivity contribution in [2.45, 2.75) is 19.8 Å². The van der Waals surface area contributed by atoms with Crippen LogP contribution in [-0.2, 0) is 11.2 Å². The number of halogens is 2. The first-order valence-electron chi connectivity index (χ1n) is 7.85. The maximum atomic E-state index is 6.19. The fraction of sp³-hybridized carbons (Fsp3) is 0.412. The average molecular weight is 369 g/mol. The van der Waals surface area contributed by atoms with Gasteiger partial charge < -0.3 is 15.4 Å². The molecule has 0 aliphatic carbocycles. The SMILES string of the molecule is COCCCNc1cc(NCCc2ccc(Cl)cc2Cl)nc(C)n1. The number of ether oxygens (including phenoxy) is 1. The number of benzene rings is 1. The number of methoxy groups -OCH3 is 1. The number of rotatable bonds is 9. The van der Waals surface area contributed by atoms with Gasteiger partial charge in [-0.2, -0.15) is 0 Å². The van der Waals surface area contributed by atoms with E-state index < -0.39 is 0 Å². The van der Waals surface area contributed by atoms with Crippen molar-refractivity contribution >= 4 is 34.8 Å². The molecule has 0 atom stereocenters. The highest BCUT2D eigenvalue weighted by Gasteiger charge is 2.04. The van der Waals surface area contributed by atoms with Crippen molar-refractivity contribution in [2.24, 2.45) is 0 Å². The Morgan fingerprint density at radius 3 is 2.42 bits per heavy atom. The lowest BCUT2D eigenvalue weighted by molar-refractivity contribution is 0.198. The van der Waals surface area contributed by atoms with E-state index in [1.807, 2.05) is 25.1 Å². The number of hydrogen-bond acceptors (Lipinski definition) is 5. The van der Waals surface area contributed by atoms with Gasteiger partial charge in [0.25, 0.3) is 0 Å². The first kappa shape index (κ1) is 18.8. The first-order valence-corrected chi connectivity index (χ1v) is 8.60. The quantitative estimate of drug-likeness (QED) is 0.649. The zero-order chi connectivity index (χ0) is 17.4. The third kappa shape index (κ3) is 6.15. The second kappa shape index (κ2) is 9.67. The molecule has 0 spiro atoms. The first-order chi connectivity index (χ1) is 11.6. The summed E-state index contributed by atoms with van der Waals surface area (Å²) >= 11 is 12.1. The fourth-order valence-corrected chi connectivity index (χ4v) is 2.73. The number of anilines is 2. The van der Waals surface area contributed by atoms with Crippen LogP contribution in [0.4, 0.5) is 11.6 Å². The predicted molar refractivity (Wildman–Crippen MR) is 100 cm³/mol. The van der Waals surface area contributed by atoms with Crippen molar-refractivity contribution in [1.29, 1.82) is 0 Å². The largest absolute Gasteiger partial charge is 0.385 e. The summed E-state index contributed by atoms with van der Waals surface area (Å²) in [6.07, 6.45) is 1.72. The Hall–Kier alpha value is -1.56. The Kier molecular flexibility index (Phi) is 7.56. The van der Waals surface area contributed by atoms with Crippen LogP contribution in [-0.4, -0.2) is 36.8 Å². The second-order valence-corrected chi connectivity index (χ2v) is 6.21. The van der Waals surface area contributed by atoms with Crippen molar-refractivity contribution in [1.82, 2.24) is 9.97 Å². The summed E-state index contributed by atoms with van der Waals surface area (Å²) in [5.74, 6) is 2.33. The molecule has 7 heteroatoms. The molecule has 1 aromatic carbocycles. The van der Waals surface area contributed by atoms with E-state index in [0.29, 0.717) is 10.0 Å². The van der Waals surface area contributed by atoms with Crippen LogP contribution >= 0.6 is 23.2 Å². The van der Waals surface area contributed by atoms with Gasteiger partial charge in [-0.3, -0.25) is 0 Å². The monoisotopic (exact) mass is 368 g/mol. The lowest BCUT2D eigenvalue weighted by Gasteiger charge is -2.11. The van der Waals surface area contributed by atoms with E-state index >= 15 is 0 Å². The van der Waals surface area contributed by atoms with Crippen molar-refractivity contribution in [2.75, 3.05) is 37.4 Å². The lowest BCUT2D eigenvalue weighted by Crippen LogP contribution is -2.11. The molecule has 0 aliphatic rings. The third-order valence-electron chi connectivity index (χ3n) is 3.38. The van der Waals surface area contributed by atoms with Gasteiger partial charge in [-0.05, 0) is 37.5 Å². The Bertz CT molecular complexity index is 667. The van der Waals surface area contributed by atoms with Gasteiger partial charge in [-0.25, -0.2) is 9.97 Å². The molecule has 130 valence electrons. The zero-order valence-corrected chi connectivity index (χ0v) is 15.4. The predicted octanol–water partition coefficient (Wildman–Crippen LogP) is 4.19. The molecule has 24 heavy (non-hydrogen) atoms. The van der Waals surface area contributed by atoms with Gasteiger partial charge in [0.05, 0.1) is 0 Å². The maximum Gasteiger partial charge on any atom is 0.131 e. The van der Waals surface area contributed by atoms with E-state index in [2.05, 4.69) is 20.6 Å². The van der Waals surface area contributed by atoms with Crippen LogP contribution in [0.15, 0.2) is 24.3 Å². The van der Waals surface area contributed by atoms with Crippen molar-refractivity contribution in [3.63, 3.8) is 0 Å². The molecular weight excluding hydrogens is 347 g/mol. The highest BCUT2D eigenvalue weighted by atomic mass is 35.5. The smallest absolute Gasteiger partial charge is 0.131 e. The van der Waals surface area contributed by atoms with Crippen molar-refractivity contribution in [3.05, 3.63) is 45.7 Å². The van der Waals surface area contributed by atoms with E-state index in [0.717, 1.165) is 55.6 Å². The molecule has 2 aromatic rings. The van der Waals surface area contributed by atoms with E-state index in [-0.39, 0.29) is 0 Å². The van der Waals surface area contributed by atoms with Gasteiger partial charge >= 0.3 is 0 Å². The summed E-state index contributed by atoms with van der Waals surface area (Å²) in [5, 5.41) is 7.92. The number of hydrogen-bond donors (Lipinski definition) is 2. The molecule has 0 amide bonds. The molecule has 5 nitrogen and oxygen atoms in total. The Morgan fingerprint density at radius 2 is 1.75 bits per heavy atom. The molecule has 0 saturated heterocycles. The van der Waals surface area contributed by atoms with Crippen LogP contribution in [0, 0.1) is 6.92 Å². The highest BCUT2D eigenvalue weighted by Crippen LogP contribution is 2.21. The summed E-state index contributed by atoms with van der Waals surface area (Å²) in [4.78, 5) is 8.79. The maximum absolute atomic E-state index is 6.19. The Labute approximate surface area is 152 Å². The second-order valence-electron chi connectivity index (χ2n) is 5.37. The van der Waals surface area contributed by atoms with Crippen molar-refractivity contribution in [3.8, 4) is 0 Å². The molecule has 0 fully saturated rings. The summed E-state index contributed by atoms with van der Waals surface area (Å²) in [7, 11) is 1.70. The summed E-state index contributed by atoms with van der Waals surface area (Å²) in [6.45, 7) is 4.14. The van der Waals surface area contributed by atoms with Gasteiger partial charge in [0.1, 0.15) is 17.5 Å². The van der Waals surface area contributed by atoms with E-state index in [4.69, 9.17) is 27.9 Å². The van der Waals surface area contributed by atoms with Gasteiger partial charge in [0.15, 0.2) is 0 Å². The van der Waals surface area contributed by atoms with Gasteiger partial charge in [0.2, 0.25) is 0 Å². The summed E-state index contributed by atoms with van der Waals surface area (Å²) in [5.41, 5.74) is 1.05. The lowest BCUT2D eigenvalue weighted by atomic mass is 10.1. The zero-order valence-electron chi connectivity index (χ0n) is 13.9. The number of nitrogens with zero attached hydrogens (tertiary/aromatic N) is 2. The molecule has 2 N–H and O–H groups in total. The molecule has 0 bridgehead atoms. The van der Waals surface area contributed by atoms with Crippen molar-refractivity contribution < 1.29 is 4.74 Å². The van der Waals surface area contributed by atoms with E-state index in [1.54, 1.807) is 13.2 Å². The van der Waals surface area contributed by atoms with Crippen LogP contribution in [0.25, 0.3) is 0 Å². The normalized spacial score (nSPS) is 10.7. The Morgan fingerprint density at radius 1 is 1.04 bits per heavy atom. The molecular formula is C17H22Cl2N4O. The van der Waals surface area contributed by atoms with Gasteiger partial charge in [-0.15, -0.1) is 0 Å². The number of aryl methyl sites for hydroxylation is 1. The summed E-state index contributed by atoms with van der Waals surface area (Å²) in [6, 6.07) is 7.46. The number of aromatic nitrogens is 2. The molecule has 1 heterocycles. The minimum Gasteiger partial charge on any atom is -0.385 e.